The lowest BCUT2D eigenvalue weighted by Gasteiger charge is -2.27. The van der Waals surface area contributed by atoms with E-state index in [9.17, 15) is 8.42 Å². The minimum atomic E-state index is -3.64. The number of likely N-dealkylation sites (tertiary alicyclic amines) is 1. The fourth-order valence-corrected chi connectivity index (χ4v) is 1.96. The zero-order valence-corrected chi connectivity index (χ0v) is 9.74. The van der Waals surface area contributed by atoms with Crippen molar-refractivity contribution < 1.29 is 8.42 Å². The van der Waals surface area contributed by atoms with Crippen molar-refractivity contribution in [3.63, 3.8) is 0 Å². The average molecular weight is 236 g/mol. The highest BCUT2D eigenvalue weighted by Crippen LogP contribution is 2.18. The van der Waals surface area contributed by atoms with Crippen LogP contribution in [0.25, 0.3) is 0 Å². The Labute approximate surface area is 89.8 Å². The molecule has 1 fully saturated rings. The van der Waals surface area contributed by atoms with Gasteiger partial charge in [0.25, 0.3) is 0 Å². The van der Waals surface area contributed by atoms with Gasteiger partial charge in [-0.1, -0.05) is 5.92 Å². The zero-order valence-electron chi connectivity index (χ0n) is 8.16. The molecule has 80 valence electrons. The van der Waals surface area contributed by atoms with Crippen LogP contribution in [0.1, 0.15) is 19.3 Å². The van der Waals surface area contributed by atoms with E-state index < -0.39 is 9.05 Å². The maximum absolute atomic E-state index is 10.5. The highest BCUT2D eigenvalue weighted by Gasteiger charge is 2.15. The predicted molar refractivity (Wildman–Crippen MR) is 57.4 cm³/mol. The molecule has 0 bridgehead atoms. The summed E-state index contributed by atoms with van der Waals surface area (Å²) in [5.41, 5.74) is 0. The molecular weight excluding hydrogens is 222 g/mol. The summed E-state index contributed by atoms with van der Waals surface area (Å²) in [6.45, 7) is 2.14. The van der Waals surface area contributed by atoms with Crippen LogP contribution in [-0.2, 0) is 9.05 Å². The summed E-state index contributed by atoms with van der Waals surface area (Å²) in [5.74, 6) is 3.15. The minimum absolute atomic E-state index is 0.525. The summed E-state index contributed by atoms with van der Waals surface area (Å²) >= 11 is 0. The van der Waals surface area contributed by atoms with E-state index in [0.717, 1.165) is 25.9 Å². The third-order valence-corrected chi connectivity index (χ3v) is 3.04. The molecule has 0 radical (unpaired) electrons. The van der Waals surface area contributed by atoms with Crippen molar-refractivity contribution in [3.8, 4) is 11.2 Å². The van der Waals surface area contributed by atoms with Crippen LogP contribution in [0.2, 0.25) is 0 Å². The highest BCUT2D eigenvalue weighted by molar-refractivity contribution is 8.17. The first-order chi connectivity index (χ1) is 6.47. The Bertz CT molecular complexity index is 334. The molecule has 3 nitrogen and oxygen atoms in total. The maximum atomic E-state index is 10.5. The Hall–Kier alpha value is -0.240. The normalized spacial score (nSPS) is 20.1. The van der Waals surface area contributed by atoms with Crippen molar-refractivity contribution >= 4 is 19.7 Å². The molecule has 0 aromatic rings. The Morgan fingerprint density at radius 2 is 2.00 bits per heavy atom. The number of halogens is 1. The third-order valence-electron chi connectivity index (χ3n) is 2.42. The van der Waals surface area contributed by atoms with E-state index >= 15 is 0 Å². The van der Waals surface area contributed by atoms with Crippen molar-refractivity contribution in [3.05, 3.63) is 0 Å². The van der Waals surface area contributed by atoms with Crippen LogP contribution in [0.3, 0.4) is 0 Å². The first kappa shape index (κ1) is 11.8. The zero-order chi connectivity index (χ0) is 10.6. The molecule has 1 saturated heterocycles. The number of rotatable bonds is 1. The monoisotopic (exact) mass is 235 g/mol. The van der Waals surface area contributed by atoms with E-state index in [1.54, 1.807) is 0 Å². The summed E-state index contributed by atoms with van der Waals surface area (Å²) in [7, 11) is 3.42. The van der Waals surface area contributed by atoms with Crippen LogP contribution in [0.15, 0.2) is 0 Å². The topological polar surface area (TPSA) is 37.4 Å². The van der Waals surface area contributed by atoms with Crippen molar-refractivity contribution in [2.24, 2.45) is 5.92 Å². The molecule has 0 aromatic carbocycles. The van der Waals surface area contributed by atoms with Gasteiger partial charge in [0.15, 0.2) is 0 Å². The lowest BCUT2D eigenvalue weighted by atomic mass is 9.94. The van der Waals surface area contributed by atoms with Crippen LogP contribution in [0.5, 0.6) is 0 Å². The van der Waals surface area contributed by atoms with Gasteiger partial charge in [-0.25, -0.2) is 0 Å². The third kappa shape index (κ3) is 4.85. The summed E-state index contributed by atoms with van der Waals surface area (Å²) in [4.78, 5) is 2.27. The lowest BCUT2D eigenvalue weighted by Crippen LogP contribution is -2.29. The summed E-state index contributed by atoms with van der Waals surface area (Å²) in [6, 6.07) is 0. The fourth-order valence-electron chi connectivity index (χ4n) is 1.54. The van der Waals surface area contributed by atoms with Gasteiger partial charge in [-0.15, -0.1) is 0 Å². The summed E-state index contributed by atoms with van der Waals surface area (Å²) in [5, 5.41) is 2.05. The van der Waals surface area contributed by atoms with Gasteiger partial charge >= 0.3 is 9.05 Å². The molecule has 0 saturated carbocycles. The van der Waals surface area contributed by atoms with Crippen molar-refractivity contribution in [2.45, 2.75) is 19.3 Å². The van der Waals surface area contributed by atoms with Gasteiger partial charge in [0.1, 0.15) is 0 Å². The van der Waals surface area contributed by atoms with Crippen molar-refractivity contribution in [1.82, 2.24) is 4.90 Å². The molecule has 1 aliphatic heterocycles. The molecule has 1 rings (SSSR count). The van der Waals surface area contributed by atoms with Crippen LogP contribution >= 0.6 is 10.7 Å². The van der Waals surface area contributed by atoms with Gasteiger partial charge in [-0.2, -0.15) is 8.42 Å². The fraction of sp³-hybridized carbons (Fsp3) is 0.778. The summed E-state index contributed by atoms with van der Waals surface area (Å²) < 4.78 is 21.0. The molecule has 0 aromatic heterocycles. The van der Waals surface area contributed by atoms with E-state index in [4.69, 9.17) is 10.7 Å². The van der Waals surface area contributed by atoms with E-state index in [1.165, 1.54) is 0 Å². The second-order valence-corrected chi connectivity index (χ2v) is 5.97. The average Bonchev–Trinajstić information content (AvgIpc) is 2.06. The van der Waals surface area contributed by atoms with Gasteiger partial charge in [-0.3, -0.25) is 0 Å². The number of hydrogen-bond acceptors (Lipinski definition) is 3. The first-order valence-electron chi connectivity index (χ1n) is 4.60. The van der Waals surface area contributed by atoms with Gasteiger partial charge in [0.2, 0.25) is 0 Å². The van der Waals surface area contributed by atoms with Gasteiger partial charge < -0.3 is 4.90 Å². The van der Waals surface area contributed by atoms with Crippen molar-refractivity contribution in [1.29, 1.82) is 0 Å². The van der Waals surface area contributed by atoms with Crippen LogP contribution < -0.4 is 0 Å². The van der Waals surface area contributed by atoms with Crippen LogP contribution in [0, 0.1) is 17.1 Å². The summed E-state index contributed by atoms with van der Waals surface area (Å²) in [6.07, 6.45) is 2.82. The molecular formula is C9H14ClNO2S. The standard InChI is InChI=1S/C9H14ClNO2S/c1-11-6-4-9(5-7-11)3-2-8-14(10,12)13/h9H,3-7H2,1H3. The molecule has 0 atom stereocenters. The Balaban J connectivity index is 2.35. The first-order valence-corrected chi connectivity index (χ1v) is 6.91. The van der Waals surface area contributed by atoms with Crippen LogP contribution in [0.4, 0.5) is 0 Å². The second-order valence-electron chi connectivity index (χ2n) is 3.67. The van der Waals surface area contributed by atoms with Gasteiger partial charge in [0, 0.05) is 22.4 Å². The molecule has 0 spiro atoms. The predicted octanol–water partition coefficient (Wildman–Crippen LogP) is 1.25. The molecule has 14 heavy (non-hydrogen) atoms. The van der Waals surface area contributed by atoms with E-state index in [-0.39, 0.29) is 0 Å². The molecule has 0 aliphatic carbocycles. The molecule has 0 N–H and O–H groups in total. The quantitative estimate of drug-likeness (QED) is 0.507. The van der Waals surface area contributed by atoms with E-state index in [2.05, 4.69) is 23.1 Å². The largest absolute Gasteiger partial charge is 0.306 e. The molecule has 1 heterocycles. The lowest BCUT2D eigenvalue weighted by molar-refractivity contribution is 0.222. The molecule has 0 unspecified atom stereocenters. The molecule has 5 heteroatoms. The number of piperidine rings is 1. The molecule has 1 aliphatic rings. The van der Waals surface area contributed by atoms with Gasteiger partial charge in [0.05, 0.1) is 0 Å². The SMILES string of the molecule is CN1CCC(CC#CS(=O)(=O)Cl)CC1. The van der Waals surface area contributed by atoms with Crippen LogP contribution in [-0.4, -0.2) is 33.5 Å². The van der Waals surface area contributed by atoms with E-state index in [1.807, 2.05) is 0 Å². The highest BCUT2D eigenvalue weighted by atomic mass is 35.7. The van der Waals surface area contributed by atoms with Crippen molar-refractivity contribution in [2.75, 3.05) is 20.1 Å². The Morgan fingerprint density at radius 1 is 1.43 bits per heavy atom. The maximum Gasteiger partial charge on any atom is 0.300 e. The minimum Gasteiger partial charge on any atom is -0.306 e. The van der Waals surface area contributed by atoms with E-state index in [0.29, 0.717) is 12.3 Å². The Kier molecular flexibility index (Phi) is 4.24. The number of nitrogens with zero attached hydrogens (tertiary/aromatic N) is 1. The van der Waals surface area contributed by atoms with Gasteiger partial charge in [-0.05, 0) is 38.9 Å². The Morgan fingerprint density at radius 3 is 2.50 bits per heavy atom. The smallest absolute Gasteiger partial charge is 0.300 e. The number of hydrogen-bond donors (Lipinski definition) is 0. The second kappa shape index (κ2) is 5.01. The molecule has 0 amide bonds.